The van der Waals surface area contributed by atoms with Crippen LogP contribution in [0.1, 0.15) is 37.7 Å². The van der Waals surface area contributed by atoms with Crippen LogP contribution in [0.25, 0.3) is 0 Å². The van der Waals surface area contributed by atoms with Gasteiger partial charge in [0.2, 0.25) is 0 Å². The molecule has 0 aromatic heterocycles. The minimum absolute atomic E-state index is 0.102. The summed E-state index contributed by atoms with van der Waals surface area (Å²) in [6.07, 6.45) is 2.16. The molecule has 0 saturated carbocycles. The van der Waals surface area contributed by atoms with Gasteiger partial charge in [-0.25, -0.2) is 4.79 Å². The number of allylic oxidation sites excluding steroid dienone is 3. The maximum atomic E-state index is 12.9. The average molecular weight is 384 g/mol. The monoisotopic (exact) mass is 384 g/mol. The smallest absolute Gasteiger partial charge is 0.336 e. The summed E-state index contributed by atoms with van der Waals surface area (Å²) in [4.78, 5) is 27.7. The zero-order valence-corrected chi connectivity index (χ0v) is 17.0. The van der Waals surface area contributed by atoms with Gasteiger partial charge in [0.1, 0.15) is 6.61 Å². The number of carbonyl (C=O) groups excluding carboxylic acids is 2. The molecule has 0 bridgehead atoms. The molecule has 150 valence electrons. The van der Waals surface area contributed by atoms with Crippen LogP contribution in [0.15, 0.2) is 46.8 Å². The van der Waals surface area contributed by atoms with E-state index in [1.165, 1.54) is 0 Å². The van der Waals surface area contributed by atoms with Gasteiger partial charge in [0.25, 0.3) is 0 Å². The van der Waals surface area contributed by atoms with E-state index in [9.17, 15) is 9.59 Å². The standard InChI is InChI=1S/C22H28N2O4/c1-14-19(22(26)28-13-12-27-4)20(15-8-10-16(11-9-15)24(2)3)21-17(23-14)6-5-7-18(21)25/h8-11,20,23H,5-7,12-13H2,1-4H3/t20-/m0/s1. The molecule has 1 aliphatic heterocycles. The SMILES string of the molecule is COCCOC(=O)C1=C(C)NC2=C(C(=O)CCC2)[C@H]1c1ccc(N(C)C)cc1. The van der Waals surface area contributed by atoms with Crippen molar-refractivity contribution in [2.45, 2.75) is 32.1 Å². The fraction of sp³-hybridized carbons (Fsp3) is 0.455. The Hall–Kier alpha value is -2.60. The molecule has 0 spiro atoms. The van der Waals surface area contributed by atoms with E-state index < -0.39 is 11.9 Å². The van der Waals surface area contributed by atoms with Crippen LogP contribution in [-0.2, 0) is 19.1 Å². The Morgan fingerprint density at radius 1 is 1.18 bits per heavy atom. The minimum Gasteiger partial charge on any atom is -0.460 e. The van der Waals surface area contributed by atoms with Gasteiger partial charge in [-0.1, -0.05) is 12.1 Å². The lowest BCUT2D eigenvalue weighted by Gasteiger charge is -2.34. The zero-order valence-electron chi connectivity index (χ0n) is 17.0. The molecule has 0 radical (unpaired) electrons. The van der Waals surface area contributed by atoms with Gasteiger partial charge < -0.3 is 19.7 Å². The average Bonchev–Trinajstić information content (AvgIpc) is 2.67. The number of ketones is 1. The number of methoxy groups -OCH3 is 1. The maximum Gasteiger partial charge on any atom is 0.336 e. The molecule has 1 heterocycles. The van der Waals surface area contributed by atoms with Gasteiger partial charge in [-0.3, -0.25) is 4.79 Å². The number of benzene rings is 1. The van der Waals surface area contributed by atoms with Gasteiger partial charge in [0.05, 0.1) is 12.2 Å². The molecule has 1 atom stereocenters. The third kappa shape index (κ3) is 3.97. The fourth-order valence-electron chi connectivity index (χ4n) is 3.85. The number of esters is 1. The molecule has 0 saturated heterocycles. The Morgan fingerprint density at radius 2 is 1.89 bits per heavy atom. The normalized spacial score (nSPS) is 19.3. The Balaban J connectivity index is 2.03. The van der Waals surface area contributed by atoms with Crippen LogP contribution in [0.5, 0.6) is 0 Å². The highest BCUT2D eigenvalue weighted by Crippen LogP contribution is 2.42. The first kappa shape index (κ1) is 20.1. The topological polar surface area (TPSA) is 67.9 Å². The van der Waals surface area contributed by atoms with Crippen LogP contribution in [0.2, 0.25) is 0 Å². The summed E-state index contributed by atoms with van der Waals surface area (Å²) in [7, 11) is 5.52. The van der Waals surface area contributed by atoms with E-state index in [1.54, 1.807) is 7.11 Å². The van der Waals surface area contributed by atoms with E-state index >= 15 is 0 Å². The fourth-order valence-corrected chi connectivity index (χ4v) is 3.85. The summed E-state index contributed by atoms with van der Waals surface area (Å²) in [5, 5.41) is 3.30. The second kappa shape index (κ2) is 8.61. The van der Waals surface area contributed by atoms with Crippen LogP contribution >= 0.6 is 0 Å². The predicted octanol–water partition coefficient (Wildman–Crippen LogP) is 2.91. The second-order valence-corrected chi connectivity index (χ2v) is 7.38. The van der Waals surface area contributed by atoms with E-state index in [4.69, 9.17) is 9.47 Å². The molecule has 28 heavy (non-hydrogen) atoms. The summed E-state index contributed by atoms with van der Waals surface area (Å²) >= 11 is 0. The lowest BCUT2D eigenvalue weighted by atomic mass is 9.75. The van der Waals surface area contributed by atoms with Gasteiger partial charge >= 0.3 is 5.97 Å². The summed E-state index contributed by atoms with van der Waals surface area (Å²) in [6, 6.07) is 8.00. The number of hydrogen-bond acceptors (Lipinski definition) is 6. The molecule has 1 aliphatic carbocycles. The molecule has 0 amide bonds. The van der Waals surface area contributed by atoms with Crippen molar-refractivity contribution in [3.05, 3.63) is 52.4 Å². The van der Waals surface area contributed by atoms with Crippen molar-refractivity contribution in [2.75, 3.05) is 39.3 Å². The van der Waals surface area contributed by atoms with Gasteiger partial charge in [-0.2, -0.15) is 0 Å². The zero-order chi connectivity index (χ0) is 20.3. The van der Waals surface area contributed by atoms with Gasteiger partial charge in [0, 0.05) is 56.2 Å². The molecule has 2 aliphatic rings. The Kier molecular flexibility index (Phi) is 6.19. The largest absolute Gasteiger partial charge is 0.460 e. The van der Waals surface area contributed by atoms with Crippen molar-refractivity contribution in [1.82, 2.24) is 5.32 Å². The van der Waals surface area contributed by atoms with E-state index in [2.05, 4.69) is 5.32 Å². The number of hydrogen-bond donors (Lipinski definition) is 1. The molecule has 6 nitrogen and oxygen atoms in total. The number of Topliss-reactive ketones (excluding diaryl/α,β-unsaturated/α-hetero) is 1. The third-order valence-corrected chi connectivity index (χ3v) is 5.26. The third-order valence-electron chi connectivity index (χ3n) is 5.26. The predicted molar refractivity (Wildman–Crippen MR) is 108 cm³/mol. The van der Waals surface area contributed by atoms with Crippen molar-refractivity contribution >= 4 is 17.4 Å². The molecule has 0 unspecified atom stereocenters. The molecule has 6 heteroatoms. The number of dihydropyridines is 1. The van der Waals surface area contributed by atoms with E-state index in [0.717, 1.165) is 35.5 Å². The van der Waals surface area contributed by atoms with E-state index in [1.807, 2.05) is 50.2 Å². The number of rotatable bonds is 6. The van der Waals surface area contributed by atoms with Crippen LogP contribution in [0, 0.1) is 0 Å². The first-order valence-corrected chi connectivity index (χ1v) is 9.61. The Morgan fingerprint density at radius 3 is 2.54 bits per heavy atom. The Labute approximate surface area is 166 Å². The van der Waals surface area contributed by atoms with Crippen LogP contribution in [0.4, 0.5) is 5.69 Å². The summed E-state index contributed by atoms with van der Waals surface area (Å²) in [5.41, 5.74) is 4.87. The lowest BCUT2D eigenvalue weighted by Crippen LogP contribution is -2.34. The molecular weight excluding hydrogens is 356 g/mol. The number of anilines is 1. The highest BCUT2D eigenvalue weighted by molar-refractivity contribution is 6.03. The van der Waals surface area contributed by atoms with E-state index in [-0.39, 0.29) is 12.4 Å². The molecule has 1 aromatic rings. The van der Waals surface area contributed by atoms with Crippen molar-refractivity contribution < 1.29 is 19.1 Å². The maximum absolute atomic E-state index is 12.9. The Bertz CT molecular complexity index is 821. The molecular formula is C22H28N2O4. The summed E-state index contributed by atoms with van der Waals surface area (Å²) in [5.74, 6) is -0.714. The van der Waals surface area contributed by atoms with E-state index in [0.29, 0.717) is 24.2 Å². The minimum atomic E-state index is -0.409. The molecule has 0 fully saturated rings. The van der Waals surface area contributed by atoms with Crippen molar-refractivity contribution in [3.8, 4) is 0 Å². The number of nitrogens with zero attached hydrogens (tertiary/aromatic N) is 1. The quantitative estimate of drug-likeness (QED) is 0.601. The van der Waals surface area contributed by atoms with Gasteiger partial charge in [0.15, 0.2) is 5.78 Å². The first-order valence-electron chi connectivity index (χ1n) is 9.61. The number of ether oxygens (including phenoxy) is 2. The summed E-state index contributed by atoms with van der Waals surface area (Å²) in [6.45, 7) is 2.38. The number of nitrogens with one attached hydrogen (secondary N) is 1. The molecule has 1 N–H and O–H groups in total. The highest BCUT2D eigenvalue weighted by atomic mass is 16.6. The molecule has 3 rings (SSSR count). The van der Waals surface area contributed by atoms with Crippen LogP contribution < -0.4 is 10.2 Å². The number of carbonyl (C=O) groups is 2. The highest BCUT2D eigenvalue weighted by Gasteiger charge is 2.39. The van der Waals surface area contributed by atoms with Crippen LogP contribution in [0.3, 0.4) is 0 Å². The first-order chi connectivity index (χ1) is 13.4. The van der Waals surface area contributed by atoms with Crippen LogP contribution in [-0.4, -0.2) is 46.2 Å². The van der Waals surface area contributed by atoms with Gasteiger partial charge in [-0.05, 0) is 37.5 Å². The van der Waals surface area contributed by atoms with Crippen molar-refractivity contribution in [1.29, 1.82) is 0 Å². The molecule has 1 aromatic carbocycles. The second-order valence-electron chi connectivity index (χ2n) is 7.38. The van der Waals surface area contributed by atoms with Crippen molar-refractivity contribution in [3.63, 3.8) is 0 Å². The van der Waals surface area contributed by atoms with Crippen molar-refractivity contribution in [2.24, 2.45) is 0 Å². The van der Waals surface area contributed by atoms with Gasteiger partial charge in [-0.15, -0.1) is 0 Å². The summed E-state index contributed by atoms with van der Waals surface area (Å²) < 4.78 is 10.4. The lowest BCUT2D eigenvalue weighted by molar-refractivity contribution is -0.140.